The lowest BCUT2D eigenvalue weighted by molar-refractivity contribution is 0.339. The average molecular weight is 328 g/mol. The Labute approximate surface area is 142 Å². The van der Waals surface area contributed by atoms with Gasteiger partial charge in [0.25, 0.3) is 0 Å². The van der Waals surface area contributed by atoms with Gasteiger partial charge in [0.2, 0.25) is 0 Å². The van der Waals surface area contributed by atoms with Crippen LogP contribution in [0.5, 0.6) is 11.5 Å². The molecule has 1 aromatic heterocycles. The molecule has 2 heterocycles. The molecule has 2 aromatic rings. The fraction of sp³-hybridized carbons (Fsp3) is 0.444. The third-order valence-electron chi connectivity index (χ3n) is 4.19. The third-order valence-corrected chi connectivity index (χ3v) is 4.19. The summed E-state index contributed by atoms with van der Waals surface area (Å²) in [5, 5.41) is 14.2. The van der Waals surface area contributed by atoms with E-state index in [0.717, 1.165) is 37.4 Å². The van der Waals surface area contributed by atoms with Crippen LogP contribution in [-0.4, -0.2) is 46.8 Å². The molecule has 0 saturated carbocycles. The molecule has 1 N–H and O–H groups in total. The summed E-state index contributed by atoms with van der Waals surface area (Å²) in [5.41, 5.74) is 1.83. The highest BCUT2D eigenvalue weighted by Gasteiger charge is 2.20. The van der Waals surface area contributed by atoms with Gasteiger partial charge in [0.1, 0.15) is 11.5 Å². The van der Waals surface area contributed by atoms with Crippen molar-refractivity contribution in [2.24, 2.45) is 12.0 Å². The molecule has 0 radical (unpaired) electrons. The summed E-state index contributed by atoms with van der Waals surface area (Å²) in [5.74, 6) is 0.972. The van der Waals surface area contributed by atoms with Crippen molar-refractivity contribution in [2.75, 3.05) is 24.6 Å². The number of aliphatic imine (C=N–C) groups is 1. The van der Waals surface area contributed by atoms with E-state index < -0.39 is 0 Å². The first-order chi connectivity index (χ1) is 11.7. The van der Waals surface area contributed by atoms with Gasteiger partial charge in [0, 0.05) is 38.1 Å². The largest absolute Gasteiger partial charge is 0.507 e. The van der Waals surface area contributed by atoms with E-state index in [9.17, 15) is 5.11 Å². The molecule has 0 spiro atoms. The van der Waals surface area contributed by atoms with Crippen molar-refractivity contribution in [3.8, 4) is 11.5 Å². The van der Waals surface area contributed by atoms with Crippen LogP contribution in [0, 0.1) is 0 Å². The van der Waals surface area contributed by atoms with E-state index in [1.807, 2.05) is 37.1 Å². The predicted molar refractivity (Wildman–Crippen MR) is 95.3 cm³/mol. The normalized spacial score (nSPS) is 18.2. The lowest BCUT2D eigenvalue weighted by Crippen LogP contribution is -2.37. The summed E-state index contributed by atoms with van der Waals surface area (Å²) in [6, 6.07) is 5.45. The molecular formula is C18H24N4O2. The van der Waals surface area contributed by atoms with Crippen LogP contribution in [0.15, 0.2) is 35.6 Å². The number of aromatic nitrogens is 2. The van der Waals surface area contributed by atoms with Crippen molar-refractivity contribution in [1.82, 2.24) is 9.78 Å². The lowest BCUT2D eigenvalue weighted by Gasteiger charge is -2.31. The minimum atomic E-state index is 0.217. The van der Waals surface area contributed by atoms with Gasteiger partial charge in [-0.25, -0.2) is 0 Å². The molecule has 1 aliphatic rings. The van der Waals surface area contributed by atoms with Crippen molar-refractivity contribution in [2.45, 2.75) is 25.8 Å². The van der Waals surface area contributed by atoms with Crippen LogP contribution in [0.4, 0.5) is 5.69 Å². The van der Waals surface area contributed by atoms with Crippen LogP contribution >= 0.6 is 0 Å². The van der Waals surface area contributed by atoms with Crippen LogP contribution in [0.25, 0.3) is 0 Å². The second kappa shape index (κ2) is 7.38. The van der Waals surface area contributed by atoms with Crippen molar-refractivity contribution >= 4 is 11.9 Å². The van der Waals surface area contributed by atoms with Crippen LogP contribution in [0.3, 0.4) is 0 Å². The number of nitrogens with zero attached hydrogens (tertiary/aromatic N) is 4. The number of aryl methyl sites for hydroxylation is 1. The Morgan fingerprint density at radius 2 is 2.33 bits per heavy atom. The highest BCUT2D eigenvalue weighted by Crippen LogP contribution is 2.23. The fourth-order valence-corrected chi connectivity index (χ4v) is 2.96. The first kappa shape index (κ1) is 16.4. The second-order valence-corrected chi connectivity index (χ2v) is 6.05. The maximum atomic E-state index is 10.00. The molecule has 1 unspecified atom stereocenters. The first-order valence-electron chi connectivity index (χ1n) is 8.38. The summed E-state index contributed by atoms with van der Waals surface area (Å²) in [7, 11) is 1.93. The molecular weight excluding hydrogens is 304 g/mol. The predicted octanol–water partition coefficient (Wildman–Crippen LogP) is 2.61. The smallest absolute Gasteiger partial charge is 0.124 e. The van der Waals surface area contributed by atoms with Gasteiger partial charge in [0.15, 0.2) is 0 Å². The molecule has 6 heteroatoms. The minimum Gasteiger partial charge on any atom is -0.507 e. The number of benzene rings is 1. The van der Waals surface area contributed by atoms with E-state index in [-0.39, 0.29) is 11.8 Å². The van der Waals surface area contributed by atoms with E-state index in [0.29, 0.717) is 12.2 Å². The van der Waals surface area contributed by atoms with Gasteiger partial charge in [0.05, 0.1) is 24.5 Å². The quantitative estimate of drug-likeness (QED) is 0.857. The summed E-state index contributed by atoms with van der Waals surface area (Å²) >= 11 is 0. The van der Waals surface area contributed by atoms with E-state index >= 15 is 0 Å². The summed E-state index contributed by atoms with van der Waals surface area (Å²) in [6.45, 7) is 4.44. The monoisotopic (exact) mass is 328 g/mol. The Morgan fingerprint density at radius 3 is 3.08 bits per heavy atom. The number of piperidine rings is 1. The topological polar surface area (TPSA) is 62.9 Å². The zero-order valence-corrected chi connectivity index (χ0v) is 14.2. The van der Waals surface area contributed by atoms with E-state index in [1.165, 1.54) is 0 Å². The maximum absolute atomic E-state index is 10.00. The van der Waals surface area contributed by atoms with E-state index in [2.05, 4.69) is 15.0 Å². The number of phenolic OH excluding ortho intramolecular Hbond substituents is 1. The number of anilines is 1. The summed E-state index contributed by atoms with van der Waals surface area (Å²) in [6.07, 6.45) is 7.84. The number of hydrogen-bond donors (Lipinski definition) is 1. The van der Waals surface area contributed by atoms with Gasteiger partial charge < -0.3 is 14.7 Å². The number of hydrogen-bond acceptors (Lipinski definition) is 5. The van der Waals surface area contributed by atoms with Crippen LogP contribution in [0.2, 0.25) is 0 Å². The summed E-state index contributed by atoms with van der Waals surface area (Å²) in [4.78, 5) is 7.00. The highest BCUT2D eigenvalue weighted by molar-refractivity contribution is 5.84. The molecule has 1 saturated heterocycles. The standard InChI is InChI=1S/C18H24N4O2/c1-3-24-17-6-7-18(23)14(9-17)10-19-15-5-4-8-22(12-15)16-11-20-21(2)13-16/h6-7,9-11,13,15,23H,3-5,8,12H2,1-2H3. The SMILES string of the molecule is CCOc1ccc(O)c(C=NC2CCCN(c3cnn(C)c3)C2)c1. The first-order valence-corrected chi connectivity index (χ1v) is 8.38. The van der Waals surface area contributed by atoms with Crippen molar-refractivity contribution < 1.29 is 9.84 Å². The zero-order valence-electron chi connectivity index (χ0n) is 14.2. The highest BCUT2D eigenvalue weighted by atomic mass is 16.5. The minimum absolute atomic E-state index is 0.217. The van der Waals surface area contributed by atoms with Gasteiger partial charge in [-0.2, -0.15) is 5.10 Å². The Bertz CT molecular complexity index is 711. The van der Waals surface area contributed by atoms with E-state index in [1.54, 1.807) is 18.3 Å². The second-order valence-electron chi connectivity index (χ2n) is 6.05. The Hall–Kier alpha value is -2.50. The Balaban J connectivity index is 1.68. The molecule has 24 heavy (non-hydrogen) atoms. The van der Waals surface area contributed by atoms with Crippen molar-refractivity contribution in [1.29, 1.82) is 0 Å². The molecule has 1 fully saturated rings. The molecule has 1 atom stereocenters. The molecule has 1 aliphatic heterocycles. The summed E-state index contributed by atoms with van der Waals surface area (Å²) < 4.78 is 7.30. The Kier molecular flexibility index (Phi) is 5.03. The van der Waals surface area contributed by atoms with Crippen LogP contribution < -0.4 is 9.64 Å². The van der Waals surface area contributed by atoms with Crippen molar-refractivity contribution in [3.63, 3.8) is 0 Å². The number of rotatable bonds is 5. The van der Waals surface area contributed by atoms with Crippen LogP contribution in [0.1, 0.15) is 25.3 Å². The molecule has 0 aliphatic carbocycles. The third kappa shape index (κ3) is 3.88. The van der Waals surface area contributed by atoms with Gasteiger partial charge >= 0.3 is 0 Å². The zero-order chi connectivity index (χ0) is 16.9. The van der Waals surface area contributed by atoms with Gasteiger partial charge in [-0.1, -0.05) is 0 Å². The lowest BCUT2D eigenvalue weighted by atomic mass is 10.1. The molecule has 0 amide bonds. The molecule has 0 bridgehead atoms. The number of aromatic hydroxyl groups is 1. The number of ether oxygens (including phenoxy) is 1. The molecule has 128 valence electrons. The van der Waals surface area contributed by atoms with E-state index in [4.69, 9.17) is 4.74 Å². The average Bonchev–Trinajstić information content (AvgIpc) is 3.02. The Morgan fingerprint density at radius 1 is 1.46 bits per heavy atom. The maximum Gasteiger partial charge on any atom is 0.124 e. The van der Waals surface area contributed by atoms with Gasteiger partial charge in [-0.15, -0.1) is 0 Å². The van der Waals surface area contributed by atoms with Gasteiger partial charge in [-0.3, -0.25) is 9.67 Å². The molecule has 3 rings (SSSR count). The van der Waals surface area contributed by atoms with Gasteiger partial charge in [-0.05, 0) is 38.0 Å². The van der Waals surface area contributed by atoms with Crippen molar-refractivity contribution in [3.05, 3.63) is 36.2 Å². The molecule has 1 aromatic carbocycles. The van der Waals surface area contributed by atoms with Crippen LogP contribution in [-0.2, 0) is 7.05 Å². The fourth-order valence-electron chi connectivity index (χ4n) is 2.96. The molecule has 6 nitrogen and oxygen atoms in total. The number of phenols is 1.